The molecule has 0 saturated heterocycles. The zero-order chi connectivity index (χ0) is 14.0. The summed E-state index contributed by atoms with van der Waals surface area (Å²) in [6.45, 7) is 0. The van der Waals surface area contributed by atoms with E-state index < -0.39 is 17.6 Å². The lowest BCUT2D eigenvalue weighted by Crippen LogP contribution is -2.03. The van der Waals surface area contributed by atoms with Crippen LogP contribution in [0.5, 0.6) is 0 Å². The van der Waals surface area contributed by atoms with Gasteiger partial charge in [-0.15, -0.1) is 0 Å². The third-order valence-corrected chi connectivity index (χ3v) is 2.88. The first kappa shape index (κ1) is 13.5. The van der Waals surface area contributed by atoms with Crippen LogP contribution in [-0.4, -0.2) is 18.9 Å². The van der Waals surface area contributed by atoms with Crippen molar-refractivity contribution in [3.05, 3.63) is 57.7 Å². The Morgan fingerprint density at radius 1 is 1.21 bits per heavy atom. The maximum absolute atomic E-state index is 13.6. The first-order chi connectivity index (χ1) is 9.02. The van der Waals surface area contributed by atoms with Crippen molar-refractivity contribution in [1.82, 2.24) is 0 Å². The molecule has 19 heavy (non-hydrogen) atoms. The van der Waals surface area contributed by atoms with E-state index in [4.69, 9.17) is 4.42 Å². The molecule has 0 atom stereocenters. The van der Waals surface area contributed by atoms with Crippen LogP contribution in [0, 0.1) is 5.82 Å². The van der Waals surface area contributed by atoms with Crippen molar-refractivity contribution < 1.29 is 23.1 Å². The molecular weight excluding hydrogens is 319 g/mol. The second-order valence-electron chi connectivity index (χ2n) is 3.61. The summed E-state index contributed by atoms with van der Waals surface area (Å²) in [5, 5.41) is 0. The average molecular weight is 327 g/mol. The minimum absolute atomic E-state index is 0.110. The first-order valence-electron chi connectivity index (χ1n) is 5.21. The number of furan rings is 1. The van der Waals surface area contributed by atoms with Gasteiger partial charge in [0.2, 0.25) is 11.5 Å². The molecule has 0 aliphatic rings. The first-order valence-corrected chi connectivity index (χ1v) is 6.00. The Balaban J connectivity index is 2.36. The van der Waals surface area contributed by atoms with Crippen LogP contribution in [-0.2, 0) is 4.74 Å². The average Bonchev–Trinajstić information content (AvgIpc) is 2.89. The second kappa shape index (κ2) is 5.36. The van der Waals surface area contributed by atoms with Crippen LogP contribution < -0.4 is 0 Å². The smallest absolute Gasteiger partial charge is 0.373 e. The third-order valence-electron chi connectivity index (χ3n) is 2.39. The van der Waals surface area contributed by atoms with Gasteiger partial charge in [0.05, 0.1) is 12.7 Å². The van der Waals surface area contributed by atoms with Gasteiger partial charge in [-0.3, -0.25) is 4.79 Å². The third kappa shape index (κ3) is 2.73. The van der Waals surface area contributed by atoms with Crippen molar-refractivity contribution in [2.24, 2.45) is 0 Å². The number of ether oxygens (including phenoxy) is 1. The molecule has 1 aromatic carbocycles. The Hall–Kier alpha value is -1.95. The van der Waals surface area contributed by atoms with E-state index in [2.05, 4.69) is 20.7 Å². The van der Waals surface area contributed by atoms with Gasteiger partial charge in [-0.25, -0.2) is 9.18 Å². The number of benzene rings is 1. The molecule has 0 radical (unpaired) electrons. The summed E-state index contributed by atoms with van der Waals surface area (Å²) >= 11 is 3.15. The van der Waals surface area contributed by atoms with Crippen LogP contribution in [0.2, 0.25) is 0 Å². The number of hydrogen-bond acceptors (Lipinski definition) is 4. The second-order valence-corrected chi connectivity index (χ2v) is 4.52. The Morgan fingerprint density at radius 3 is 2.58 bits per heavy atom. The van der Waals surface area contributed by atoms with Crippen molar-refractivity contribution in [3.8, 4) is 0 Å². The van der Waals surface area contributed by atoms with Gasteiger partial charge in [0.15, 0.2) is 5.76 Å². The Labute approximate surface area is 116 Å². The van der Waals surface area contributed by atoms with E-state index in [1.165, 1.54) is 37.4 Å². The molecule has 4 nitrogen and oxygen atoms in total. The Kier molecular flexibility index (Phi) is 3.80. The Morgan fingerprint density at radius 2 is 1.89 bits per heavy atom. The van der Waals surface area contributed by atoms with Gasteiger partial charge in [-0.1, -0.05) is 15.9 Å². The van der Waals surface area contributed by atoms with Crippen molar-refractivity contribution in [3.63, 3.8) is 0 Å². The van der Waals surface area contributed by atoms with Crippen molar-refractivity contribution in [2.45, 2.75) is 0 Å². The van der Waals surface area contributed by atoms with Gasteiger partial charge in [0.25, 0.3) is 0 Å². The number of rotatable bonds is 3. The molecule has 6 heteroatoms. The van der Waals surface area contributed by atoms with Crippen molar-refractivity contribution >= 4 is 27.7 Å². The van der Waals surface area contributed by atoms with Crippen LogP contribution in [0.25, 0.3) is 0 Å². The summed E-state index contributed by atoms with van der Waals surface area (Å²) in [5.41, 5.74) is -0.139. The molecule has 0 aliphatic carbocycles. The number of carbonyl (C=O) groups excluding carboxylic acids is 2. The molecule has 0 amide bonds. The summed E-state index contributed by atoms with van der Waals surface area (Å²) in [4.78, 5) is 23.2. The normalized spacial score (nSPS) is 10.3. The molecule has 0 aliphatic heterocycles. The highest BCUT2D eigenvalue weighted by atomic mass is 79.9. The minimum atomic E-state index is -0.700. The largest absolute Gasteiger partial charge is 0.463 e. The fourth-order valence-corrected chi connectivity index (χ4v) is 1.84. The van der Waals surface area contributed by atoms with E-state index in [1.807, 2.05) is 0 Å². The van der Waals surface area contributed by atoms with Crippen LogP contribution in [0.4, 0.5) is 4.39 Å². The summed E-state index contributed by atoms with van der Waals surface area (Å²) in [5.74, 6) is -2.24. The van der Waals surface area contributed by atoms with Crippen LogP contribution in [0.1, 0.15) is 26.7 Å². The molecule has 2 aromatic rings. The number of ketones is 1. The molecule has 98 valence electrons. The predicted molar refractivity (Wildman–Crippen MR) is 67.6 cm³/mol. The van der Waals surface area contributed by atoms with Crippen LogP contribution in [0.3, 0.4) is 0 Å². The number of halogens is 2. The summed E-state index contributed by atoms with van der Waals surface area (Å²) in [7, 11) is 1.19. The monoisotopic (exact) mass is 326 g/mol. The quantitative estimate of drug-likeness (QED) is 0.642. The minimum Gasteiger partial charge on any atom is -0.463 e. The van der Waals surface area contributed by atoms with Crippen molar-refractivity contribution in [2.75, 3.05) is 7.11 Å². The van der Waals surface area contributed by atoms with E-state index in [9.17, 15) is 14.0 Å². The zero-order valence-electron chi connectivity index (χ0n) is 9.78. The molecule has 0 saturated carbocycles. The maximum atomic E-state index is 13.6. The van der Waals surface area contributed by atoms with Gasteiger partial charge in [0.1, 0.15) is 5.82 Å². The van der Waals surface area contributed by atoms with E-state index in [1.54, 1.807) is 0 Å². The number of carbonyl (C=O) groups is 2. The van der Waals surface area contributed by atoms with Gasteiger partial charge in [-0.2, -0.15) is 0 Å². The topological polar surface area (TPSA) is 56.5 Å². The lowest BCUT2D eigenvalue weighted by atomic mass is 10.1. The standard InChI is InChI=1S/C13H8BrFO4/c1-18-13(17)11-5-4-10(19-11)12(16)8-6-7(14)2-3-9(8)15/h2-6H,1H3. The molecule has 1 aromatic heterocycles. The number of hydrogen-bond donors (Lipinski definition) is 0. The molecule has 0 bridgehead atoms. The molecule has 0 N–H and O–H groups in total. The predicted octanol–water partition coefficient (Wildman–Crippen LogP) is 3.20. The lowest BCUT2D eigenvalue weighted by Gasteiger charge is -2.01. The van der Waals surface area contributed by atoms with Gasteiger partial charge in [-0.05, 0) is 30.3 Å². The van der Waals surface area contributed by atoms with Crippen molar-refractivity contribution in [1.29, 1.82) is 0 Å². The molecule has 0 spiro atoms. The zero-order valence-corrected chi connectivity index (χ0v) is 11.4. The summed E-state index contributed by atoms with van der Waals surface area (Å²) < 4.78 is 23.6. The highest BCUT2D eigenvalue weighted by Gasteiger charge is 2.20. The summed E-state index contributed by atoms with van der Waals surface area (Å²) in [6, 6.07) is 6.59. The lowest BCUT2D eigenvalue weighted by molar-refractivity contribution is 0.0563. The molecule has 0 fully saturated rings. The van der Waals surface area contributed by atoms with Gasteiger partial charge >= 0.3 is 5.97 Å². The highest BCUT2D eigenvalue weighted by Crippen LogP contribution is 2.20. The van der Waals surface area contributed by atoms with Crippen LogP contribution in [0.15, 0.2) is 39.2 Å². The van der Waals surface area contributed by atoms with E-state index in [0.717, 1.165) is 0 Å². The van der Waals surface area contributed by atoms with E-state index in [-0.39, 0.29) is 17.1 Å². The van der Waals surface area contributed by atoms with E-state index in [0.29, 0.717) is 4.47 Å². The van der Waals surface area contributed by atoms with Crippen LogP contribution >= 0.6 is 15.9 Å². The molecule has 1 heterocycles. The highest BCUT2D eigenvalue weighted by molar-refractivity contribution is 9.10. The molecular formula is C13H8BrFO4. The summed E-state index contributed by atoms with van der Waals surface area (Å²) in [6.07, 6.45) is 0. The number of esters is 1. The van der Waals surface area contributed by atoms with Gasteiger partial charge in [0, 0.05) is 4.47 Å². The molecule has 2 rings (SSSR count). The number of methoxy groups -OCH3 is 1. The maximum Gasteiger partial charge on any atom is 0.373 e. The fraction of sp³-hybridized carbons (Fsp3) is 0.0769. The molecule has 0 unspecified atom stereocenters. The Bertz CT molecular complexity index is 648. The van der Waals surface area contributed by atoms with E-state index >= 15 is 0 Å². The van der Waals surface area contributed by atoms with Gasteiger partial charge < -0.3 is 9.15 Å². The fourth-order valence-electron chi connectivity index (χ4n) is 1.47. The SMILES string of the molecule is COC(=O)c1ccc(C(=O)c2cc(Br)ccc2F)o1.